The number of piperidine rings is 1. The van der Waals surface area contributed by atoms with Crippen LogP contribution in [0.25, 0.3) is 0 Å². The number of aromatic amines is 1. The summed E-state index contributed by atoms with van der Waals surface area (Å²) < 4.78 is 50.0. The topological polar surface area (TPSA) is 109 Å². The van der Waals surface area contributed by atoms with Crippen molar-refractivity contribution in [2.24, 2.45) is 0 Å². The number of aromatic nitrogens is 3. The third-order valence-corrected chi connectivity index (χ3v) is 6.35. The number of amides is 1. The fourth-order valence-electron chi connectivity index (χ4n) is 3.64. The zero-order valence-electron chi connectivity index (χ0n) is 18.7. The summed E-state index contributed by atoms with van der Waals surface area (Å²) in [5, 5.41) is 3.37. The Balaban J connectivity index is 1.70. The van der Waals surface area contributed by atoms with Gasteiger partial charge in [-0.2, -0.15) is 13.2 Å². The minimum Gasteiger partial charge on any atom is -0.461 e. The van der Waals surface area contributed by atoms with Gasteiger partial charge in [-0.15, -0.1) is 11.3 Å². The molecule has 2 aromatic rings. The van der Waals surface area contributed by atoms with E-state index in [4.69, 9.17) is 9.47 Å². The van der Waals surface area contributed by atoms with E-state index in [1.807, 2.05) is 4.90 Å². The van der Waals surface area contributed by atoms with Gasteiger partial charge in [-0.05, 0) is 26.7 Å². The third-order valence-electron chi connectivity index (χ3n) is 5.32. The van der Waals surface area contributed by atoms with E-state index in [1.54, 1.807) is 20.8 Å². The van der Waals surface area contributed by atoms with Crippen molar-refractivity contribution in [1.29, 1.82) is 0 Å². The maximum Gasteiger partial charge on any atom is 0.435 e. The van der Waals surface area contributed by atoms with Crippen molar-refractivity contribution in [2.45, 2.75) is 51.9 Å². The summed E-state index contributed by atoms with van der Waals surface area (Å²) in [6, 6.07) is -0.436. The number of ether oxygens (including phenoxy) is 2. The van der Waals surface area contributed by atoms with Crippen molar-refractivity contribution in [3.05, 3.63) is 27.8 Å². The molecule has 0 aliphatic carbocycles. The van der Waals surface area contributed by atoms with Crippen LogP contribution in [0.5, 0.6) is 0 Å². The second-order valence-corrected chi connectivity index (χ2v) is 8.66. The monoisotopic (exact) mass is 489 g/mol. The van der Waals surface area contributed by atoms with Gasteiger partial charge in [-0.25, -0.2) is 14.8 Å². The molecular weight excluding hydrogens is 463 g/mol. The number of aryl methyl sites for hydroxylation is 2. The number of carbonyl (C=O) groups excluding carboxylic acids is 2. The number of esters is 1. The normalized spacial score (nSPS) is 18.9. The van der Waals surface area contributed by atoms with E-state index >= 15 is 0 Å². The van der Waals surface area contributed by atoms with Gasteiger partial charge in [0.05, 0.1) is 18.8 Å². The van der Waals surface area contributed by atoms with Crippen LogP contribution in [-0.2, 0) is 22.1 Å². The molecule has 13 heteroatoms. The summed E-state index contributed by atoms with van der Waals surface area (Å²) in [5.74, 6) is -1.59. The lowest BCUT2D eigenvalue weighted by molar-refractivity contribution is -0.141. The molecule has 0 saturated carbocycles. The smallest absolute Gasteiger partial charge is 0.435 e. The molecule has 2 aromatic heterocycles. The van der Waals surface area contributed by atoms with Crippen LogP contribution in [0, 0.1) is 6.92 Å². The highest BCUT2D eigenvalue weighted by Gasteiger charge is 2.38. The fraction of sp³-hybridized carbons (Fsp3) is 0.600. The minimum atomic E-state index is -4.64. The SMILES string of the molecule is CCOC(=O)c1nc(N2CC[C@H](NC(=O)c3nc(C(F)(F)F)c(CC)[nH]3)[C@H](OC)C2)sc1C. The van der Waals surface area contributed by atoms with Gasteiger partial charge in [-0.1, -0.05) is 6.92 Å². The number of alkyl halides is 3. The number of imidazole rings is 1. The van der Waals surface area contributed by atoms with Crippen molar-refractivity contribution in [1.82, 2.24) is 20.3 Å². The number of nitrogens with one attached hydrogen (secondary N) is 2. The number of halogens is 3. The Morgan fingerprint density at radius 3 is 2.61 bits per heavy atom. The van der Waals surface area contributed by atoms with Crippen LogP contribution in [0.3, 0.4) is 0 Å². The fourth-order valence-corrected chi connectivity index (χ4v) is 4.58. The minimum absolute atomic E-state index is 0.0647. The molecule has 0 spiro atoms. The number of thiazole rings is 1. The Hall–Kier alpha value is -2.67. The molecule has 0 unspecified atom stereocenters. The quantitative estimate of drug-likeness (QED) is 0.576. The van der Waals surface area contributed by atoms with Gasteiger partial charge in [0.1, 0.15) is 0 Å². The van der Waals surface area contributed by atoms with Gasteiger partial charge >= 0.3 is 12.1 Å². The first-order valence-corrected chi connectivity index (χ1v) is 11.3. The molecule has 0 radical (unpaired) electrons. The zero-order valence-corrected chi connectivity index (χ0v) is 19.5. The largest absolute Gasteiger partial charge is 0.461 e. The van der Waals surface area contributed by atoms with Crippen molar-refractivity contribution in [3.63, 3.8) is 0 Å². The molecule has 182 valence electrons. The van der Waals surface area contributed by atoms with E-state index in [0.29, 0.717) is 24.6 Å². The lowest BCUT2D eigenvalue weighted by atomic mass is 10.0. The molecule has 1 fully saturated rings. The molecule has 2 atom stereocenters. The highest BCUT2D eigenvalue weighted by Crippen LogP contribution is 2.31. The number of hydrogen-bond acceptors (Lipinski definition) is 8. The number of carbonyl (C=O) groups is 2. The molecule has 1 aliphatic rings. The van der Waals surface area contributed by atoms with Gasteiger partial charge in [0.15, 0.2) is 22.3 Å². The number of hydrogen-bond donors (Lipinski definition) is 2. The lowest BCUT2D eigenvalue weighted by Gasteiger charge is -2.37. The van der Waals surface area contributed by atoms with Crippen LogP contribution in [-0.4, -0.2) is 65.8 Å². The Labute approximate surface area is 192 Å². The van der Waals surface area contributed by atoms with Crippen LogP contribution < -0.4 is 10.2 Å². The zero-order chi connectivity index (χ0) is 24.3. The summed E-state index contributed by atoms with van der Waals surface area (Å²) in [4.78, 5) is 37.7. The number of rotatable bonds is 7. The van der Waals surface area contributed by atoms with Crippen molar-refractivity contribution < 1.29 is 32.2 Å². The third kappa shape index (κ3) is 5.46. The van der Waals surface area contributed by atoms with E-state index in [2.05, 4.69) is 20.3 Å². The van der Waals surface area contributed by atoms with Crippen LogP contribution in [0.1, 0.15) is 57.6 Å². The number of anilines is 1. The van der Waals surface area contributed by atoms with E-state index in [0.717, 1.165) is 4.88 Å². The van der Waals surface area contributed by atoms with Crippen LogP contribution >= 0.6 is 11.3 Å². The number of nitrogens with zero attached hydrogens (tertiary/aromatic N) is 3. The van der Waals surface area contributed by atoms with Crippen LogP contribution in [0.2, 0.25) is 0 Å². The summed E-state index contributed by atoms with van der Waals surface area (Å²) >= 11 is 1.36. The summed E-state index contributed by atoms with van der Waals surface area (Å²) in [6.45, 7) is 6.20. The Morgan fingerprint density at radius 2 is 2.03 bits per heavy atom. The van der Waals surface area contributed by atoms with Crippen molar-refractivity contribution in [2.75, 3.05) is 31.7 Å². The predicted octanol–water partition coefficient (Wildman–Crippen LogP) is 2.96. The van der Waals surface area contributed by atoms with E-state index in [-0.39, 0.29) is 30.2 Å². The summed E-state index contributed by atoms with van der Waals surface area (Å²) in [5.41, 5.74) is -0.946. The van der Waals surface area contributed by atoms with Crippen LogP contribution in [0.4, 0.5) is 18.3 Å². The average molecular weight is 490 g/mol. The lowest BCUT2D eigenvalue weighted by Crippen LogP contribution is -2.55. The molecule has 9 nitrogen and oxygen atoms in total. The molecule has 3 rings (SSSR count). The second-order valence-electron chi connectivity index (χ2n) is 7.47. The molecule has 1 saturated heterocycles. The maximum atomic E-state index is 13.1. The molecule has 0 aromatic carbocycles. The second kappa shape index (κ2) is 10.1. The van der Waals surface area contributed by atoms with Gasteiger partial charge < -0.3 is 24.7 Å². The molecule has 3 heterocycles. The molecular formula is C20H26F3N5O4S. The van der Waals surface area contributed by atoms with Gasteiger partial charge in [-0.3, -0.25) is 4.79 Å². The number of methoxy groups -OCH3 is 1. The molecule has 1 amide bonds. The first-order chi connectivity index (χ1) is 15.6. The predicted molar refractivity (Wildman–Crippen MR) is 115 cm³/mol. The molecule has 1 aliphatic heterocycles. The highest BCUT2D eigenvalue weighted by atomic mass is 32.1. The van der Waals surface area contributed by atoms with Gasteiger partial charge in [0.25, 0.3) is 5.91 Å². The van der Waals surface area contributed by atoms with Crippen molar-refractivity contribution >= 4 is 28.3 Å². The Bertz CT molecular complexity index is 1010. The van der Waals surface area contributed by atoms with E-state index in [9.17, 15) is 22.8 Å². The maximum absolute atomic E-state index is 13.1. The van der Waals surface area contributed by atoms with Gasteiger partial charge in [0, 0.05) is 30.8 Å². The Kier molecular flexibility index (Phi) is 7.62. The number of H-pyrrole nitrogens is 1. The highest BCUT2D eigenvalue weighted by molar-refractivity contribution is 7.15. The van der Waals surface area contributed by atoms with Crippen LogP contribution in [0.15, 0.2) is 0 Å². The first-order valence-electron chi connectivity index (χ1n) is 10.5. The summed E-state index contributed by atoms with van der Waals surface area (Å²) in [7, 11) is 1.49. The molecule has 0 bridgehead atoms. The Morgan fingerprint density at radius 1 is 1.30 bits per heavy atom. The standard InChI is InChI=1S/C20H26F3N5O4S/c1-5-11-15(20(21,22)23)27-16(24-11)17(29)25-12-7-8-28(9-13(12)31-4)19-26-14(10(3)33-19)18(30)32-6-2/h12-13H,5-9H2,1-4H3,(H,24,27)(H,25,29)/t12-,13+/m0/s1. The van der Waals surface area contributed by atoms with Gasteiger partial charge in [0.2, 0.25) is 0 Å². The molecule has 33 heavy (non-hydrogen) atoms. The van der Waals surface area contributed by atoms with Crippen molar-refractivity contribution in [3.8, 4) is 0 Å². The average Bonchev–Trinajstić information content (AvgIpc) is 3.38. The molecule has 2 N–H and O–H groups in total. The van der Waals surface area contributed by atoms with E-state index < -0.39 is 35.9 Å². The first kappa shape index (κ1) is 25.0. The summed E-state index contributed by atoms with van der Waals surface area (Å²) in [6.07, 6.45) is -4.56. The van der Waals surface area contributed by atoms with E-state index in [1.165, 1.54) is 18.4 Å².